The van der Waals surface area contributed by atoms with Gasteiger partial charge >= 0.3 is 0 Å². The summed E-state index contributed by atoms with van der Waals surface area (Å²) in [6.07, 6.45) is 0. The van der Waals surface area contributed by atoms with Crippen molar-refractivity contribution in [1.29, 1.82) is 0 Å². The molecule has 140 valence electrons. The monoisotopic (exact) mass is 457 g/mol. The van der Waals surface area contributed by atoms with Crippen LogP contribution in [0, 0.1) is 0 Å². The number of hydrogen-bond acceptors (Lipinski definition) is 4. The van der Waals surface area contributed by atoms with E-state index in [1.165, 1.54) is 11.7 Å². The smallest absolute Gasteiger partial charge is 0.105 e. The Bertz CT molecular complexity index is 1210. The molecule has 1 heterocycles. The standard InChI is InChI=1S/C24H16BrN3S/c25-22-16-24-23(26-29-27-24)15-21(22)17-11-13-20(14-12-17)28(18-7-3-1-4-8-18)19-9-5-2-6-10-19/h1-16H. The van der Waals surface area contributed by atoms with Crippen molar-refractivity contribution in [2.24, 2.45) is 0 Å². The van der Waals surface area contributed by atoms with Crippen molar-refractivity contribution in [1.82, 2.24) is 8.75 Å². The van der Waals surface area contributed by atoms with Gasteiger partial charge in [0.05, 0.1) is 11.7 Å². The molecule has 0 aliphatic heterocycles. The van der Waals surface area contributed by atoms with Crippen molar-refractivity contribution in [3.63, 3.8) is 0 Å². The summed E-state index contributed by atoms with van der Waals surface area (Å²) < 4.78 is 9.71. The molecule has 29 heavy (non-hydrogen) atoms. The van der Waals surface area contributed by atoms with Crippen LogP contribution in [0.25, 0.3) is 22.2 Å². The van der Waals surface area contributed by atoms with Crippen molar-refractivity contribution in [2.45, 2.75) is 0 Å². The third kappa shape index (κ3) is 3.55. The first kappa shape index (κ1) is 18.0. The lowest BCUT2D eigenvalue weighted by atomic mass is 10.0. The third-order valence-electron chi connectivity index (χ3n) is 4.81. The quantitative estimate of drug-likeness (QED) is 0.278. The predicted octanol–water partition coefficient (Wildman–Crippen LogP) is 7.59. The summed E-state index contributed by atoms with van der Waals surface area (Å²) in [6, 6.07) is 33.6. The van der Waals surface area contributed by atoms with Crippen LogP contribution in [0.15, 0.2) is 102 Å². The van der Waals surface area contributed by atoms with Gasteiger partial charge in [0.15, 0.2) is 0 Å². The summed E-state index contributed by atoms with van der Waals surface area (Å²) in [6.45, 7) is 0. The fourth-order valence-electron chi connectivity index (χ4n) is 3.42. The van der Waals surface area contributed by atoms with Crippen LogP contribution in [-0.4, -0.2) is 8.75 Å². The lowest BCUT2D eigenvalue weighted by Crippen LogP contribution is -2.09. The minimum absolute atomic E-state index is 0.918. The van der Waals surface area contributed by atoms with E-state index < -0.39 is 0 Å². The van der Waals surface area contributed by atoms with Gasteiger partial charge in [-0.1, -0.05) is 64.5 Å². The molecule has 0 N–H and O–H groups in total. The van der Waals surface area contributed by atoms with E-state index in [-0.39, 0.29) is 0 Å². The fraction of sp³-hybridized carbons (Fsp3) is 0. The maximum Gasteiger partial charge on any atom is 0.105 e. The van der Waals surface area contributed by atoms with Gasteiger partial charge < -0.3 is 4.90 Å². The fourth-order valence-corrected chi connectivity index (χ4v) is 4.49. The number of hydrogen-bond donors (Lipinski definition) is 0. The highest BCUT2D eigenvalue weighted by Crippen LogP contribution is 2.37. The van der Waals surface area contributed by atoms with Crippen LogP contribution in [0.4, 0.5) is 17.1 Å². The number of para-hydroxylation sites is 2. The van der Waals surface area contributed by atoms with Gasteiger partial charge in [-0.25, -0.2) is 0 Å². The Morgan fingerprint density at radius 1 is 0.621 bits per heavy atom. The Morgan fingerprint density at radius 3 is 1.72 bits per heavy atom. The second-order valence-electron chi connectivity index (χ2n) is 6.64. The second kappa shape index (κ2) is 7.78. The molecule has 0 amide bonds. The molecule has 1 aromatic heterocycles. The molecule has 3 nitrogen and oxygen atoms in total. The van der Waals surface area contributed by atoms with Gasteiger partial charge in [-0.05, 0) is 59.7 Å². The van der Waals surface area contributed by atoms with Gasteiger partial charge in [-0.3, -0.25) is 0 Å². The van der Waals surface area contributed by atoms with E-state index in [9.17, 15) is 0 Å². The van der Waals surface area contributed by atoms with Gasteiger partial charge in [-0.2, -0.15) is 8.75 Å². The Kier molecular flexibility index (Phi) is 4.84. The van der Waals surface area contributed by atoms with E-state index in [1.54, 1.807) is 0 Å². The molecule has 0 saturated carbocycles. The number of anilines is 3. The summed E-state index contributed by atoms with van der Waals surface area (Å²) in [7, 11) is 0. The lowest BCUT2D eigenvalue weighted by Gasteiger charge is -2.25. The molecule has 0 unspecified atom stereocenters. The minimum atomic E-state index is 0.918. The number of halogens is 1. The van der Waals surface area contributed by atoms with Crippen LogP contribution in [-0.2, 0) is 0 Å². The van der Waals surface area contributed by atoms with Gasteiger partial charge in [0.25, 0.3) is 0 Å². The molecule has 5 rings (SSSR count). The highest BCUT2D eigenvalue weighted by Gasteiger charge is 2.13. The van der Waals surface area contributed by atoms with E-state index in [0.717, 1.165) is 43.7 Å². The first-order valence-electron chi connectivity index (χ1n) is 9.22. The minimum Gasteiger partial charge on any atom is -0.311 e. The summed E-state index contributed by atoms with van der Waals surface area (Å²) in [5.41, 5.74) is 7.46. The molecule has 0 bridgehead atoms. The number of benzene rings is 4. The molecule has 0 fully saturated rings. The van der Waals surface area contributed by atoms with Gasteiger partial charge in [0.1, 0.15) is 11.0 Å². The average Bonchev–Trinajstić information content (AvgIpc) is 3.23. The van der Waals surface area contributed by atoms with Gasteiger partial charge in [0.2, 0.25) is 0 Å². The van der Waals surface area contributed by atoms with Crippen molar-refractivity contribution in [2.75, 3.05) is 4.90 Å². The topological polar surface area (TPSA) is 29.0 Å². The molecule has 0 saturated heterocycles. The van der Waals surface area contributed by atoms with Crippen molar-refractivity contribution in [3.8, 4) is 11.1 Å². The molecule has 5 heteroatoms. The van der Waals surface area contributed by atoms with Crippen LogP contribution in [0.1, 0.15) is 0 Å². The van der Waals surface area contributed by atoms with Crippen LogP contribution in [0.2, 0.25) is 0 Å². The Labute approximate surface area is 181 Å². The SMILES string of the molecule is Brc1cc2nsnc2cc1-c1ccc(N(c2ccccc2)c2ccccc2)cc1. The zero-order chi connectivity index (χ0) is 19.6. The Morgan fingerprint density at radius 2 is 1.14 bits per heavy atom. The Balaban J connectivity index is 1.57. The Hall–Kier alpha value is -3.02. The summed E-state index contributed by atoms with van der Waals surface area (Å²) in [5, 5.41) is 0. The average molecular weight is 458 g/mol. The molecule has 0 radical (unpaired) electrons. The predicted molar refractivity (Wildman–Crippen MR) is 125 cm³/mol. The molecular weight excluding hydrogens is 442 g/mol. The molecule has 0 spiro atoms. The highest BCUT2D eigenvalue weighted by molar-refractivity contribution is 9.10. The zero-order valence-electron chi connectivity index (χ0n) is 15.4. The molecule has 4 aromatic carbocycles. The van der Waals surface area contributed by atoms with Crippen molar-refractivity contribution >= 4 is 55.8 Å². The van der Waals surface area contributed by atoms with Crippen LogP contribution < -0.4 is 4.90 Å². The lowest BCUT2D eigenvalue weighted by molar-refractivity contribution is 1.28. The van der Waals surface area contributed by atoms with Crippen molar-refractivity contribution < 1.29 is 0 Å². The van der Waals surface area contributed by atoms with E-state index in [0.29, 0.717) is 0 Å². The van der Waals surface area contributed by atoms with Gasteiger partial charge in [-0.15, -0.1) is 0 Å². The maximum absolute atomic E-state index is 4.37. The summed E-state index contributed by atoms with van der Waals surface area (Å²) in [5.74, 6) is 0. The molecule has 0 atom stereocenters. The van der Waals surface area contributed by atoms with E-state index in [2.05, 4.69) is 108 Å². The molecule has 0 aliphatic rings. The number of nitrogens with zero attached hydrogens (tertiary/aromatic N) is 3. The normalized spacial score (nSPS) is 10.9. The largest absolute Gasteiger partial charge is 0.311 e. The third-order valence-corrected chi connectivity index (χ3v) is 6.02. The van der Waals surface area contributed by atoms with Gasteiger partial charge in [0, 0.05) is 21.5 Å². The summed E-state index contributed by atoms with van der Waals surface area (Å²) >= 11 is 4.93. The van der Waals surface area contributed by atoms with Crippen LogP contribution in [0.5, 0.6) is 0 Å². The van der Waals surface area contributed by atoms with E-state index >= 15 is 0 Å². The number of rotatable bonds is 4. The first-order chi connectivity index (χ1) is 14.3. The number of fused-ring (bicyclic) bond motifs is 1. The zero-order valence-corrected chi connectivity index (χ0v) is 17.8. The highest BCUT2D eigenvalue weighted by atomic mass is 79.9. The number of aromatic nitrogens is 2. The molecule has 0 aliphatic carbocycles. The van der Waals surface area contributed by atoms with Crippen molar-refractivity contribution in [3.05, 3.63) is 102 Å². The van der Waals surface area contributed by atoms with Crippen LogP contribution in [0.3, 0.4) is 0 Å². The van der Waals surface area contributed by atoms with E-state index in [4.69, 9.17) is 0 Å². The van der Waals surface area contributed by atoms with Crippen LogP contribution >= 0.6 is 27.7 Å². The van der Waals surface area contributed by atoms with E-state index in [1.807, 2.05) is 18.2 Å². The second-order valence-corrected chi connectivity index (χ2v) is 8.02. The summed E-state index contributed by atoms with van der Waals surface area (Å²) in [4.78, 5) is 2.26. The molecular formula is C24H16BrN3S. The molecule has 5 aromatic rings. The first-order valence-corrected chi connectivity index (χ1v) is 10.7. The maximum atomic E-state index is 4.37.